The topological polar surface area (TPSA) is 189 Å². The molecule has 9 rings (SSSR count). The Morgan fingerprint density at radius 1 is 0.961 bits per heavy atom. The van der Waals surface area contributed by atoms with Crippen LogP contribution in [0, 0.1) is 28.1 Å². The Morgan fingerprint density at radius 3 is 2.37 bits per heavy atom. The van der Waals surface area contributed by atoms with Gasteiger partial charge >= 0.3 is 29.8 Å². The van der Waals surface area contributed by atoms with Crippen LogP contribution in [-0.4, -0.2) is 89.9 Å². The summed E-state index contributed by atoms with van der Waals surface area (Å²) < 4.78 is 58.4. The molecule has 7 fully saturated rings. The number of cyclic esters (lactones) is 1. The van der Waals surface area contributed by atoms with Crippen LogP contribution >= 0.6 is 0 Å². The highest BCUT2D eigenvalue weighted by atomic mass is 16.9. The SMILES string of the molecule is CCC(=O)O[C@@H]1[C@@]2(OC(C)=O)[C@@H](OC(C)=O)[C@]3(C)C[C@]24OC2(C)O[C@]15[C@H](CC(=O)OC)[C@@]1(C)C[C@H](c6occc6C1=O)[C@]5(O2)[C@@]41COC(=O)C[C@@H]31. The number of furan rings is 1. The Morgan fingerprint density at radius 2 is 1.71 bits per heavy atom. The van der Waals surface area contributed by atoms with E-state index in [9.17, 15) is 28.8 Å². The first-order valence-corrected chi connectivity index (χ1v) is 17.4. The van der Waals surface area contributed by atoms with E-state index >= 15 is 0 Å². The highest BCUT2D eigenvalue weighted by Gasteiger charge is 3.08. The number of ether oxygens (including phenoxy) is 8. The van der Waals surface area contributed by atoms with E-state index in [2.05, 4.69) is 0 Å². The van der Waals surface area contributed by atoms with Crippen molar-refractivity contribution in [3.63, 3.8) is 0 Å². The maximum absolute atomic E-state index is 14.8. The number of rotatable bonds is 6. The summed E-state index contributed by atoms with van der Waals surface area (Å²) in [4.78, 5) is 82.5. The van der Waals surface area contributed by atoms with E-state index in [0.717, 1.165) is 0 Å². The van der Waals surface area contributed by atoms with E-state index in [1.54, 1.807) is 26.8 Å². The summed E-state index contributed by atoms with van der Waals surface area (Å²) in [5.41, 5.74) is -11.5. The number of carbonyl (C=O) groups excluding carboxylic acids is 6. The highest BCUT2D eigenvalue weighted by Crippen LogP contribution is 2.92. The van der Waals surface area contributed by atoms with Crippen LogP contribution < -0.4 is 0 Å². The normalized spacial score (nSPS) is 50.1. The second-order valence-corrected chi connectivity index (χ2v) is 16.2. The van der Waals surface area contributed by atoms with Gasteiger partial charge < -0.3 is 42.3 Å². The van der Waals surface area contributed by atoms with E-state index in [-0.39, 0.29) is 38.1 Å². The lowest BCUT2D eigenvalue weighted by atomic mass is 9.30. The van der Waals surface area contributed by atoms with E-state index in [4.69, 9.17) is 42.3 Å². The largest absolute Gasteiger partial charge is 0.469 e. The standard InChI is InChI=1S/C36H40O15/c1-8-22(39)47-28-34-21(12-23(40)43-7)29(4)13-19(25-18(26(29)42)9-10-44-25)36(34)32-15-45-24(41)11-20(32)30(5)14-33(32,49-31(6,50-34)51-36)35(28,48-17(3)38)27(30)46-16(2)37/h9-10,19-21,27-28H,8,11-15H2,1-7H3/t19-,20+,21-,27+,28+,29-,30-,31?,32-,33-,34-,35+,36+/m1/s1. The number of carbonyl (C=O) groups is 6. The monoisotopic (exact) mass is 712 g/mol. The minimum atomic E-state index is -2.17. The molecule has 0 radical (unpaired) electrons. The first kappa shape index (κ1) is 33.0. The average molecular weight is 713 g/mol. The molecule has 1 aromatic heterocycles. The molecular formula is C36H40O15. The Labute approximate surface area is 292 Å². The molecule has 13 atom stereocenters. The molecule has 51 heavy (non-hydrogen) atoms. The lowest BCUT2D eigenvalue weighted by molar-refractivity contribution is -0.487. The van der Waals surface area contributed by atoms with Gasteiger partial charge in [-0.2, -0.15) is 0 Å². The highest BCUT2D eigenvalue weighted by molar-refractivity contribution is 6.03. The van der Waals surface area contributed by atoms with Gasteiger partial charge in [0.05, 0.1) is 36.7 Å². The molecule has 0 aromatic carbocycles. The molecule has 8 aliphatic rings. The third kappa shape index (κ3) is 3.11. The van der Waals surface area contributed by atoms with Crippen LogP contribution in [0.5, 0.6) is 0 Å². The first-order valence-electron chi connectivity index (χ1n) is 17.4. The molecule has 1 aromatic rings. The van der Waals surface area contributed by atoms with Crippen molar-refractivity contribution in [2.75, 3.05) is 13.7 Å². The van der Waals surface area contributed by atoms with Gasteiger partial charge in [-0.05, 0) is 24.8 Å². The smallest absolute Gasteiger partial charge is 0.306 e. The third-order valence-corrected chi connectivity index (χ3v) is 14.2. The number of methoxy groups -OCH3 is 1. The van der Waals surface area contributed by atoms with Crippen LogP contribution in [0.1, 0.15) is 95.7 Å². The van der Waals surface area contributed by atoms with Crippen LogP contribution in [0.15, 0.2) is 16.7 Å². The maximum atomic E-state index is 14.8. The zero-order chi connectivity index (χ0) is 36.5. The van der Waals surface area contributed by atoms with Crippen molar-refractivity contribution in [2.24, 2.45) is 28.1 Å². The van der Waals surface area contributed by atoms with Crippen molar-refractivity contribution in [2.45, 2.75) is 120 Å². The fourth-order valence-electron chi connectivity index (χ4n) is 13.3. The molecule has 274 valence electrons. The lowest BCUT2D eigenvalue weighted by Gasteiger charge is -2.78. The van der Waals surface area contributed by atoms with E-state index < -0.39 is 111 Å². The summed E-state index contributed by atoms with van der Waals surface area (Å²) in [6.07, 6.45) is -2.24. The van der Waals surface area contributed by atoms with E-state index in [1.807, 2.05) is 6.92 Å². The van der Waals surface area contributed by atoms with Gasteiger partial charge in [0.15, 0.2) is 18.0 Å². The molecule has 0 amide bonds. The second kappa shape index (κ2) is 9.39. The second-order valence-electron chi connectivity index (χ2n) is 16.2. The molecule has 6 bridgehead atoms. The lowest BCUT2D eigenvalue weighted by Crippen LogP contribution is -2.96. The molecular weight excluding hydrogens is 672 g/mol. The van der Waals surface area contributed by atoms with Crippen molar-refractivity contribution < 1.29 is 71.1 Å². The molecule has 3 saturated heterocycles. The van der Waals surface area contributed by atoms with Crippen molar-refractivity contribution in [1.82, 2.24) is 0 Å². The Kier molecular flexibility index (Phi) is 6.09. The third-order valence-electron chi connectivity index (χ3n) is 14.2. The number of Topliss-reactive ketones (excluding diaryl/α,β-unsaturated/α-hetero) is 1. The molecule has 15 nitrogen and oxygen atoms in total. The Bertz CT molecular complexity index is 1870. The van der Waals surface area contributed by atoms with Gasteiger partial charge in [0.2, 0.25) is 5.60 Å². The minimum Gasteiger partial charge on any atom is -0.469 e. The summed E-state index contributed by atoms with van der Waals surface area (Å²) in [7, 11) is 1.22. The van der Waals surface area contributed by atoms with Crippen molar-refractivity contribution >= 4 is 35.6 Å². The van der Waals surface area contributed by atoms with Crippen LogP contribution in [-0.2, 0) is 61.9 Å². The van der Waals surface area contributed by atoms with Crippen LogP contribution in [0.25, 0.3) is 0 Å². The summed E-state index contributed by atoms with van der Waals surface area (Å²) >= 11 is 0. The summed E-state index contributed by atoms with van der Waals surface area (Å²) in [5, 5.41) is 0. The molecule has 5 aliphatic carbocycles. The zero-order valence-corrected chi connectivity index (χ0v) is 29.4. The molecule has 0 N–H and O–H groups in total. The van der Waals surface area contributed by atoms with Gasteiger partial charge in [0, 0.05) is 50.4 Å². The predicted octanol–water partition coefficient (Wildman–Crippen LogP) is 2.66. The number of fused-ring (bicyclic) bond motifs is 7. The fourth-order valence-corrected chi connectivity index (χ4v) is 13.3. The van der Waals surface area contributed by atoms with E-state index in [0.29, 0.717) is 11.3 Å². The first-order chi connectivity index (χ1) is 23.9. The van der Waals surface area contributed by atoms with Crippen LogP contribution in [0.4, 0.5) is 0 Å². The molecule has 4 heterocycles. The average Bonchev–Trinajstić information content (AvgIpc) is 3.74. The van der Waals surface area contributed by atoms with Crippen molar-refractivity contribution in [3.8, 4) is 0 Å². The van der Waals surface area contributed by atoms with Crippen molar-refractivity contribution in [3.05, 3.63) is 23.7 Å². The Balaban J connectivity index is 1.50. The molecule has 3 spiro atoms. The van der Waals surface area contributed by atoms with Gasteiger partial charge in [0.1, 0.15) is 29.2 Å². The molecule has 3 aliphatic heterocycles. The predicted molar refractivity (Wildman–Crippen MR) is 163 cm³/mol. The van der Waals surface area contributed by atoms with Crippen LogP contribution in [0.2, 0.25) is 0 Å². The summed E-state index contributed by atoms with van der Waals surface area (Å²) in [5.74, 6) is -8.26. The Hall–Kier alpha value is -3.82. The molecule has 4 saturated carbocycles. The summed E-state index contributed by atoms with van der Waals surface area (Å²) in [6, 6.07) is 1.59. The quantitative estimate of drug-likeness (QED) is 0.309. The zero-order valence-electron chi connectivity index (χ0n) is 29.4. The van der Waals surface area contributed by atoms with Gasteiger partial charge in [0.25, 0.3) is 5.97 Å². The maximum Gasteiger partial charge on any atom is 0.306 e. The van der Waals surface area contributed by atoms with Gasteiger partial charge in [-0.3, -0.25) is 28.8 Å². The summed E-state index contributed by atoms with van der Waals surface area (Å²) in [6.45, 7) is 8.77. The van der Waals surface area contributed by atoms with Gasteiger partial charge in [-0.25, -0.2) is 0 Å². The van der Waals surface area contributed by atoms with Gasteiger partial charge in [-0.15, -0.1) is 0 Å². The molecule has 15 heteroatoms. The molecule has 1 unspecified atom stereocenters. The minimum absolute atomic E-state index is 0.0441. The van der Waals surface area contributed by atoms with Crippen LogP contribution in [0.3, 0.4) is 0 Å². The van der Waals surface area contributed by atoms with Crippen molar-refractivity contribution in [1.29, 1.82) is 0 Å². The number of esters is 5. The van der Waals surface area contributed by atoms with E-state index in [1.165, 1.54) is 27.2 Å². The number of hydrogen-bond acceptors (Lipinski definition) is 15. The number of hydrogen-bond donors (Lipinski definition) is 0. The van der Waals surface area contributed by atoms with Gasteiger partial charge in [-0.1, -0.05) is 20.8 Å². The number of ketones is 1. The fraction of sp³-hybridized carbons (Fsp3) is 0.722.